The quantitative estimate of drug-likeness (QED) is 0.771. The van der Waals surface area contributed by atoms with E-state index in [2.05, 4.69) is 4.74 Å². The Bertz CT molecular complexity index is 438. The third-order valence-electron chi connectivity index (χ3n) is 2.41. The summed E-state index contributed by atoms with van der Waals surface area (Å²) in [5, 5.41) is -0.538. The number of carbonyl (C=O) groups excluding carboxylic acids is 1. The number of ether oxygens (including phenoxy) is 1. The first-order chi connectivity index (χ1) is 8.25. The number of hydrogen-bond donors (Lipinski definition) is 0. The van der Waals surface area contributed by atoms with Crippen molar-refractivity contribution in [3.8, 4) is 5.75 Å². The Morgan fingerprint density at radius 2 is 1.83 bits per heavy atom. The molecule has 0 heterocycles. The van der Waals surface area contributed by atoms with Gasteiger partial charge in [0.05, 0.1) is 0 Å². The second-order valence-corrected chi connectivity index (χ2v) is 4.36. The van der Waals surface area contributed by atoms with Crippen molar-refractivity contribution >= 4 is 16.8 Å². The molecule has 0 spiro atoms. The average Bonchev–Trinajstić information content (AvgIpc) is 2.23. The lowest BCUT2D eigenvalue weighted by molar-refractivity contribution is -0.186. The van der Waals surface area contributed by atoms with Crippen LogP contribution in [0.3, 0.4) is 0 Å². The van der Waals surface area contributed by atoms with Gasteiger partial charge in [-0.3, -0.25) is 4.79 Å². The number of carbonyl (C=O) groups is 1. The minimum Gasteiger partial charge on any atom is -0.431 e. The highest BCUT2D eigenvalue weighted by atomic mass is 35.5. The highest BCUT2D eigenvalue weighted by molar-refractivity contribution is 6.63. The first kappa shape index (κ1) is 14.8. The average molecular weight is 281 g/mol. The lowest BCUT2D eigenvalue weighted by atomic mass is 10.00. The lowest BCUT2D eigenvalue weighted by Gasteiger charge is -2.17. The van der Waals surface area contributed by atoms with Gasteiger partial charge in [-0.05, 0) is 54.3 Å². The summed E-state index contributed by atoms with van der Waals surface area (Å²) in [6, 6.07) is 2.65. The minimum atomic E-state index is -3.84. The molecule has 0 unspecified atom stereocenters. The molecule has 0 N–H and O–H groups in total. The van der Waals surface area contributed by atoms with Gasteiger partial charge >= 0.3 is 6.11 Å². The standard InChI is InChI=1S/C12H12ClF3O2/c1-7-3-9(18-12(15,16)6-14)4-8(2)10(7)5-11(13)17/h3-4H,5-6H2,1-2H3. The van der Waals surface area contributed by atoms with Crippen LogP contribution in [-0.2, 0) is 11.2 Å². The van der Waals surface area contributed by atoms with Gasteiger partial charge in [-0.25, -0.2) is 4.39 Å². The molecule has 0 bridgehead atoms. The zero-order valence-electron chi connectivity index (χ0n) is 9.90. The number of benzene rings is 1. The molecule has 0 aliphatic heterocycles. The van der Waals surface area contributed by atoms with Crippen molar-refractivity contribution in [3.05, 3.63) is 28.8 Å². The predicted molar refractivity (Wildman–Crippen MR) is 62.0 cm³/mol. The Labute approximate surface area is 108 Å². The van der Waals surface area contributed by atoms with Crippen LogP contribution in [0.25, 0.3) is 0 Å². The van der Waals surface area contributed by atoms with Crippen LogP contribution in [-0.4, -0.2) is 18.0 Å². The van der Waals surface area contributed by atoms with Crippen LogP contribution >= 0.6 is 11.6 Å². The lowest BCUT2D eigenvalue weighted by Crippen LogP contribution is -2.27. The van der Waals surface area contributed by atoms with Gasteiger partial charge in [0.15, 0.2) is 6.67 Å². The molecule has 0 aliphatic rings. The summed E-state index contributed by atoms with van der Waals surface area (Å²) in [5.41, 5.74) is 1.84. The van der Waals surface area contributed by atoms with Gasteiger partial charge in [-0.1, -0.05) is 0 Å². The van der Waals surface area contributed by atoms with Crippen LogP contribution in [0.1, 0.15) is 16.7 Å². The zero-order valence-corrected chi connectivity index (χ0v) is 10.7. The van der Waals surface area contributed by atoms with Crippen LogP contribution in [0.15, 0.2) is 12.1 Å². The molecule has 0 amide bonds. The molecular formula is C12H12ClF3O2. The molecule has 100 valence electrons. The van der Waals surface area contributed by atoms with Gasteiger partial charge in [0.1, 0.15) is 5.75 Å². The number of halogens is 4. The Morgan fingerprint density at radius 3 is 2.22 bits per heavy atom. The summed E-state index contributed by atoms with van der Waals surface area (Å²) in [6.07, 6.45) is -3.83. The maximum absolute atomic E-state index is 12.7. The van der Waals surface area contributed by atoms with Gasteiger partial charge in [-0.15, -0.1) is 0 Å². The summed E-state index contributed by atoms with van der Waals surface area (Å²) in [7, 11) is 0. The van der Waals surface area contributed by atoms with E-state index in [1.54, 1.807) is 13.8 Å². The van der Waals surface area contributed by atoms with E-state index in [0.717, 1.165) is 0 Å². The second kappa shape index (κ2) is 5.61. The predicted octanol–water partition coefficient (Wildman–Crippen LogP) is 3.55. The third-order valence-corrected chi connectivity index (χ3v) is 2.54. The van der Waals surface area contributed by atoms with E-state index in [-0.39, 0.29) is 12.2 Å². The molecule has 0 saturated carbocycles. The molecule has 1 aromatic rings. The molecule has 0 saturated heterocycles. The molecule has 0 aliphatic carbocycles. The van der Waals surface area contributed by atoms with Crippen LogP contribution < -0.4 is 4.74 Å². The van der Waals surface area contributed by atoms with Crippen molar-refractivity contribution < 1.29 is 22.7 Å². The SMILES string of the molecule is Cc1cc(OC(F)(F)CF)cc(C)c1CC(=O)Cl. The monoisotopic (exact) mass is 280 g/mol. The fraction of sp³-hybridized carbons (Fsp3) is 0.417. The van der Waals surface area contributed by atoms with Gasteiger partial charge < -0.3 is 4.74 Å². The van der Waals surface area contributed by atoms with E-state index >= 15 is 0 Å². The Kier molecular flexibility index (Phi) is 4.62. The fourth-order valence-electron chi connectivity index (χ4n) is 1.63. The second-order valence-electron chi connectivity index (χ2n) is 3.94. The van der Waals surface area contributed by atoms with E-state index in [1.165, 1.54) is 12.1 Å². The van der Waals surface area contributed by atoms with E-state index in [4.69, 9.17) is 11.6 Å². The smallest absolute Gasteiger partial charge is 0.427 e. The van der Waals surface area contributed by atoms with Crippen LogP contribution in [0.5, 0.6) is 5.75 Å². The highest BCUT2D eigenvalue weighted by Gasteiger charge is 2.31. The summed E-state index contributed by atoms with van der Waals surface area (Å²) in [6.45, 7) is 1.39. The Balaban J connectivity index is 3.03. The van der Waals surface area contributed by atoms with Crippen molar-refractivity contribution in [2.75, 3.05) is 6.67 Å². The number of rotatable bonds is 5. The number of alkyl halides is 3. The molecule has 1 aromatic carbocycles. The molecule has 18 heavy (non-hydrogen) atoms. The van der Waals surface area contributed by atoms with Gasteiger partial charge in [-0.2, -0.15) is 8.78 Å². The molecule has 2 nitrogen and oxygen atoms in total. The fourth-order valence-corrected chi connectivity index (χ4v) is 1.76. The van der Waals surface area contributed by atoms with Crippen molar-refractivity contribution in [3.63, 3.8) is 0 Å². The van der Waals surface area contributed by atoms with Crippen LogP contribution in [0.4, 0.5) is 13.2 Å². The van der Waals surface area contributed by atoms with Crippen LogP contribution in [0, 0.1) is 13.8 Å². The summed E-state index contributed by atoms with van der Waals surface area (Å²) in [5.74, 6) is -0.140. The number of hydrogen-bond acceptors (Lipinski definition) is 2. The normalized spacial score (nSPS) is 11.4. The molecule has 0 radical (unpaired) electrons. The highest BCUT2D eigenvalue weighted by Crippen LogP contribution is 2.27. The molecular weight excluding hydrogens is 269 g/mol. The van der Waals surface area contributed by atoms with Crippen molar-refractivity contribution in [1.82, 2.24) is 0 Å². The third kappa shape index (κ3) is 3.91. The largest absolute Gasteiger partial charge is 0.431 e. The topological polar surface area (TPSA) is 26.3 Å². The Morgan fingerprint density at radius 1 is 1.33 bits per heavy atom. The van der Waals surface area contributed by atoms with Gasteiger partial charge in [0, 0.05) is 6.42 Å². The summed E-state index contributed by atoms with van der Waals surface area (Å²) < 4.78 is 41.7. The van der Waals surface area contributed by atoms with E-state index < -0.39 is 18.0 Å². The Hall–Kier alpha value is -1.23. The number of aryl methyl sites for hydroxylation is 2. The van der Waals surface area contributed by atoms with Gasteiger partial charge in [0.2, 0.25) is 5.24 Å². The van der Waals surface area contributed by atoms with E-state index in [9.17, 15) is 18.0 Å². The van der Waals surface area contributed by atoms with Crippen LogP contribution in [0.2, 0.25) is 0 Å². The maximum Gasteiger partial charge on any atom is 0.427 e. The molecule has 0 atom stereocenters. The van der Waals surface area contributed by atoms with E-state index in [1.807, 2.05) is 0 Å². The molecule has 0 aromatic heterocycles. The minimum absolute atomic E-state index is 0.0129. The van der Waals surface area contributed by atoms with Crippen molar-refractivity contribution in [2.45, 2.75) is 26.4 Å². The van der Waals surface area contributed by atoms with Crippen molar-refractivity contribution in [2.24, 2.45) is 0 Å². The van der Waals surface area contributed by atoms with Gasteiger partial charge in [0.25, 0.3) is 0 Å². The molecule has 6 heteroatoms. The zero-order chi connectivity index (χ0) is 13.9. The van der Waals surface area contributed by atoms with E-state index in [0.29, 0.717) is 16.7 Å². The summed E-state index contributed by atoms with van der Waals surface area (Å²) in [4.78, 5) is 10.8. The first-order valence-corrected chi connectivity index (χ1v) is 5.54. The first-order valence-electron chi connectivity index (χ1n) is 5.16. The maximum atomic E-state index is 12.7. The van der Waals surface area contributed by atoms with Crippen molar-refractivity contribution in [1.29, 1.82) is 0 Å². The molecule has 0 fully saturated rings. The summed E-state index contributed by atoms with van der Waals surface area (Å²) >= 11 is 5.29. The molecule has 1 rings (SSSR count).